The zero-order chi connectivity index (χ0) is 12.0. The van der Waals surface area contributed by atoms with Gasteiger partial charge in [0.05, 0.1) is 12.8 Å². The summed E-state index contributed by atoms with van der Waals surface area (Å²) in [7, 11) is 0. The molecular formula is C9H13N3O4S. The highest BCUT2D eigenvalue weighted by atomic mass is 32.1. The molecular weight excluding hydrogens is 246 g/mol. The molecule has 0 aliphatic carbocycles. The molecule has 94 valence electrons. The van der Waals surface area contributed by atoms with E-state index in [0.717, 1.165) is 0 Å². The van der Waals surface area contributed by atoms with Crippen LogP contribution in [0.25, 0.3) is 0 Å². The highest BCUT2D eigenvalue weighted by Crippen LogP contribution is 2.37. The van der Waals surface area contributed by atoms with Gasteiger partial charge in [-0.25, -0.2) is 0 Å². The smallest absolute Gasteiger partial charge is 0.181 e. The van der Waals surface area contributed by atoms with Crippen molar-refractivity contribution in [1.29, 1.82) is 0 Å². The summed E-state index contributed by atoms with van der Waals surface area (Å²) in [6.07, 6.45) is -0.963. The maximum absolute atomic E-state index is 10.1. The van der Waals surface area contributed by atoms with E-state index in [1.54, 1.807) is 13.1 Å². The largest absolute Gasteiger partial charge is 0.388 e. The number of ether oxygens (including phenoxy) is 2. The van der Waals surface area contributed by atoms with Crippen LogP contribution in [0.4, 0.5) is 5.00 Å². The second-order valence-corrected chi connectivity index (χ2v) is 5.28. The number of rotatable bonds is 2. The van der Waals surface area contributed by atoms with Crippen LogP contribution in [0, 0.1) is 0 Å². The number of aliphatic hydroxyl groups excluding tert-OH is 2. The molecule has 3 rings (SSSR count). The first-order chi connectivity index (χ1) is 8.10. The quantitative estimate of drug-likeness (QED) is 0.639. The van der Waals surface area contributed by atoms with Gasteiger partial charge in [0.2, 0.25) is 0 Å². The fourth-order valence-electron chi connectivity index (χ4n) is 2.18. The minimum absolute atomic E-state index is 0.273. The van der Waals surface area contributed by atoms with E-state index in [4.69, 9.17) is 9.47 Å². The Morgan fingerprint density at radius 1 is 1.59 bits per heavy atom. The first kappa shape index (κ1) is 11.3. The van der Waals surface area contributed by atoms with Crippen LogP contribution in [0.3, 0.4) is 0 Å². The van der Waals surface area contributed by atoms with Crippen molar-refractivity contribution in [3.63, 3.8) is 0 Å². The number of nitrogens with zero attached hydrogens (tertiary/aromatic N) is 2. The molecule has 0 saturated carbocycles. The van der Waals surface area contributed by atoms with Crippen LogP contribution in [-0.2, 0) is 9.47 Å². The lowest BCUT2D eigenvalue weighted by Crippen LogP contribution is -2.61. The number of anilines is 1. The van der Waals surface area contributed by atoms with E-state index in [2.05, 4.69) is 14.9 Å². The SMILES string of the molecule is C[C@@]12CO[C@@H](O1)[C@H](Nc1cnns1)[C@@H](O)[C@H]2O. The Hall–Kier alpha value is -0.800. The van der Waals surface area contributed by atoms with Gasteiger partial charge in [0.25, 0.3) is 0 Å². The molecule has 0 aromatic carbocycles. The van der Waals surface area contributed by atoms with Gasteiger partial charge in [0.15, 0.2) is 6.29 Å². The Labute approximate surface area is 102 Å². The summed E-state index contributed by atoms with van der Waals surface area (Å²) in [5, 5.41) is 27.5. The van der Waals surface area contributed by atoms with Crippen molar-refractivity contribution in [2.24, 2.45) is 0 Å². The van der Waals surface area contributed by atoms with Crippen molar-refractivity contribution in [3.05, 3.63) is 6.20 Å². The van der Waals surface area contributed by atoms with Crippen molar-refractivity contribution >= 4 is 16.5 Å². The van der Waals surface area contributed by atoms with E-state index in [0.29, 0.717) is 5.00 Å². The number of aliphatic hydroxyl groups is 2. The van der Waals surface area contributed by atoms with Crippen LogP contribution in [0.2, 0.25) is 0 Å². The van der Waals surface area contributed by atoms with E-state index in [1.807, 2.05) is 0 Å². The first-order valence-electron chi connectivity index (χ1n) is 5.30. The minimum atomic E-state index is -0.986. The fraction of sp³-hybridized carbons (Fsp3) is 0.778. The Morgan fingerprint density at radius 2 is 2.41 bits per heavy atom. The molecule has 2 bridgehead atoms. The molecule has 17 heavy (non-hydrogen) atoms. The third-order valence-electron chi connectivity index (χ3n) is 3.20. The third kappa shape index (κ3) is 1.72. The van der Waals surface area contributed by atoms with Gasteiger partial charge in [-0.15, -0.1) is 5.10 Å². The topological polar surface area (TPSA) is 96.7 Å². The molecule has 1 aromatic heterocycles. The van der Waals surface area contributed by atoms with Crippen LogP contribution >= 0.6 is 11.5 Å². The maximum Gasteiger partial charge on any atom is 0.181 e. The Balaban J connectivity index is 1.81. The maximum atomic E-state index is 10.1. The summed E-state index contributed by atoms with van der Waals surface area (Å²) in [5.41, 5.74) is -0.825. The van der Waals surface area contributed by atoms with Crippen molar-refractivity contribution in [2.45, 2.75) is 37.1 Å². The molecule has 7 nitrogen and oxygen atoms in total. The van der Waals surface area contributed by atoms with E-state index < -0.39 is 30.1 Å². The summed E-state index contributed by atoms with van der Waals surface area (Å²) in [6.45, 7) is 2.00. The zero-order valence-electron chi connectivity index (χ0n) is 9.11. The summed E-state index contributed by atoms with van der Waals surface area (Å²) in [6, 6.07) is -0.525. The molecule has 3 heterocycles. The van der Waals surface area contributed by atoms with Crippen molar-refractivity contribution in [1.82, 2.24) is 9.59 Å². The standard InChI is InChI=1S/C9H13N3O4S/c1-9-3-15-8(16-9)5(6(13)7(9)14)11-4-2-10-12-17-4/h2,5-8,11,13-14H,3H2,1H3/t5-,6-,7-,8+,9+/m1/s1. The normalized spacial score (nSPS) is 44.9. The molecule has 0 spiro atoms. The van der Waals surface area contributed by atoms with Gasteiger partial charge >= 0.3 is 0 Å². The van der Waals surface area contributed by atoms with Gasteiger partial charge in [-0.1, -0.05) is 4.49 Å². The highest BCUT2D eigenvalue weighted by molar-refractivity contribution is 7.09. The predicted octanol–water partition coefficient (Wildman–Crippen LogP) is -0.814. The molecule has 3 N–H and O–H groups in total. The van der Waals surface area contributed by atoms with Crippen LogP contribution in [0.15, 0.2) is 6.20 Å². The minimum Gasteiger partial charge on any atom is -0.388 e. The van der Waals surface area contributed by atoms with Crippen LogP contribution in [-0.4, -0.2) is 56.5 Å². The van der Waals surface area contributed by atoms with Gasteiger partial charge in [-0.05, 0) is 6.92 Å². The number of nitrogens with one attached hydrogen (secondary N) is 1. The van der Waals surface area contributed by atoms with Gasteiger partial charge < -0.3 is 25.0 Å². The summed E-state index contributed by atoms with van der Waals surface area (Å²) >= 11 is 1.17. The second kappa shape index (κ2) is 3.85. The average Bonchev–Trinajstić information content (AvgIpc) is 2.91. The van der Waals surface area contributed by atoms with Gasteiger partial charge in [0.1, 0.15) is 28.9 Å². The van der Waals surface area contributed by atoms with E-state index in [1.165, 1.54) is 11.5 Å². The molecule has 0 radical (unpaired) electrons. The van der Waals surface area contributed by atoms with E-state index >= 15 is 0 Å². The molecule has 0 amide bonds. The Kier molecular flexibility index (Phi) is 2.56. The molecule has 8 heteroatoms. The lowest BCUT2D eigenvalue weighted by molar-refractivity contribution is -0.208. The van der Waals surface area contributed by atoms with Crippen LogP contribution in [0.5, 0.6) is 0 Å². The van der Waals surface area contributed by atoms with Gasteiger partial charge in [-0.2, -0.15) is 0 Å². The van der Waals surface area contributed by atoms with Crippen molar-refractivity contribution in [2.75, 3.05) is 11.9 Å². The third-order valence-corrected chi connectivity index (χ3v) is 3.80. The van der Waals surface area contributed by atoms with E-state index in [9.17, 15) is 10.2 Å². The van der Waals surface area contributed by atoms with Crippen LogP contribution in [0.1, 0.15) is 6.92 Å². The number of hydrogen-bond donors (Lipinski definition) is 3. The fourth-order valence-corrected chi connectivity index (χ4v) is 2.65. The predicted molar refractivity (Wildman–Crippen MR) is 58.6 cm³/mol. The monoisotopic (exact) mass is 259 g/mol. The Bertz CT molecular complexity index is 403. The van der Waals surface area contributed by atoms with E-state index in [-0.39, 0.29) is 6.61 Å². The van der Waals surface area contributed by atoms with Gasteiger partial charge in [-0.3, -0.25) is 0 Å². The lowest BCUT2D eigenvalue weighted by Gasteiger charge is -2.41. The van der Waals surface area contributed by atoms with Gasteiger partial charge in [0, 0.05) is 11.5 Å². The molecule has 0 unspecified atom stereocenters. The lowest BCUT2D eigenvalue weighted by atomic mass is 9.89. The Morgan fingerprint density at radius 3 is 3.12 bits per heavy atom. The summed E-state index contributed by atoms with van der Waals surface area (Å²) in [5.74, 6) is 0. The number of fused-ring (bicyclic) bond motifs is 2. The number of aromatic nitrogens is 2. The molecule has 2 fully saturated rings. The van der Waals surface area contributed by atoms with Crippen LogP contribution < -0.4 is 5.32 Å². The molecule has 1 aromatic rings. The molecule has 2 aliphatic heterocycles. The van der Waals surface area contributed by atoms with Crippen molar-refractivity contribution in [3.8, 4) is 0 Å². The highest BCUT2D eigenvalue weighted by Gasteiger charge is 2.56. The molecule has 5 atom stereocenters. The van der Waals surface area contributed by atoms with Crippen molar-refractivity contribution < 1.29 is 19.7 Å². The number of hydrogen-bond acceptors (Lipinski definition) is 8. The summed E-state index contributed by atoms with van der Waals surface area (Å²) < 4.78 is 14.7. The average molecular weight is 259 g/mol. The molecule has 2 saturated heterocycles. The second-order valence-electron chi connectivity index (χ2n) is 4.50. The first-order valence-corrected chi connectivity index (χ1v) is 6.07. The molecule has 2 aliphatic rings. The summed E-state index contributed by atoms with van der Waals surface area (Å²) in [4.78, 5) is 0. The zero-order valence-corrected chi connectivity index (χ0v) is 9.92.